The van der Waals surface area contributed by atoms with Crippen LogP contribution in [0.25, 0.3) is 0 Å². The van der Waals surface area contributed by atoms with Crippen LogP contribution in [0.1, 0.15) is 12.5 Å². The summed E-state index contributed by atoms with van der Waals surface area (Å²) in [5.41, 5.74) is 0.544. The van der Waals surface area contributed by atoms with Gasteiger partial charge in [-0.15, -0.1) is 0 Å². The molecule has 0 unspecified atom stereocenters. The number of sulfonamides is 2. The molecule has 2 aromatic carbocycles. The van der Waals surface area contributed by atoms with Gasteiger partial charge in [0.05, 0.1) is 49.3 Å². The Bertz CT molecular complexity index is 1250. The Morgan fingerprint density at radius 1 is 1.03 bits per heavy atom. The molecule has 0 aliphatic carbocycles. The van der Waals surface area contributed by atoms with Crippen molar-refractivity contribution >= 4 is 37.3 Å². The number of aryl methyl sites for hydroxylation is 1. The second kappa shape index (κ2) is 8.51. The quantitative estimate of drug-likeness (QED) is 0.633. The van der Waals surface area contributed by atoms with Crippen molar-refractivity contribution in [3.05, 3.63) is 35.9 Å². The molecule has 0 bridgehead atoms. The van der Waals surface area contributed by atoms with Gasteiger partial charge in [-0.2, -0.15) is 0 Å². The fourth-order valence-corrected chi connectivity index (χ4v) is 6.58. The van der Waals surface area contributed by atoms with Gasteiger partial charge in [0.25, 0.3) is 10.0 Å². The minimum Gasteiger partial charge on any atom is -0.493 e. The molecule has 1 saturated heterocycles. The maximum atomic E-state index is 13.0. The average molecular weight is 485 g/mol. The molecule has 12 heteroatoms. The summed E-state index contributed by atoms with van der Waals surface area (Å²) in [5.74, 6) is -0.648. The molecule has 3 rings (SSSR count). The van der Waals surface area contributed by atoms with Gasteiger partial charge in [0, 0.05) is 12.1 Å². The predicted octanol–water partition coefficient (Wildman–Crippen LogP) is 2.13. The number of methoxy groups -OCH3 is 3. The molecule has 1 aliphatic heterocycles. The summed E-state index contributed by atoms with van der Waals surface area (Å²) in [6.45, 7) is 3.05. The summed E-state index contributed by atoms with van der Waals surface area (Å²) in [5, 5.41) is 0. The number of nitrogens with one attached hydrogen (secondary N) is 1. The standard InChI is InChI=1S/C20H24N2O8S2/c1-12-8-15(22-20(23)13(2)11-31(22,24)25)6-7-18(12)32(26,27)21-14-9-16(28-3)19(30-5)17(10-14)29-4/h6-10,13,21H,11H2,1-5H3/t13-/m1/s1. The van der Waals surface area contributed by atoms with Crippen LogP contribution in [0.2, 0.25) is 0 Å². The molecule has 32 heavy (non-hydrogen) atoms. The first-order valence-corrected chi connectivity index (χ1v) is 12.5. The van der Waals surface area contributed by atoms with Crippen LogP contribution in [0.4, 0.5) is 11.4 Å². The molecule has 1 aliphatic rings. The smallest absolute Gasteiger partial charge is 0.262 e. The summed E-state index contributed by atoms with van der Waals surface area (Å²) < 4.78 is 69.6. The van der Waals surface area contributed by atoms with E-state index in [1.165, 1.54) is 65.5 Å². The molecule has 0 spiro atoms. The van der Waals surface area contributed by atoms with E-state index < -0.39 is 31.9 Å². The Hall–Kier alpha value is -2.99. The number of ether oxygens (including phenoxy) is 3. The molecule has 1 heterocycles. The van der Waals surface area contributed by atoms with Gasteiger partial charge in [0.1, 0.15) is 0 Å². The minimum absolute atomic E-state index is 0.0768. The van der Waals surface area contributed by atoms with Gasteiger partial charge >= 0.3 is 0 Å². The molecular formula is C20H24N2O8S2. The molecule has 1 atom stereocenters. The average Bonchev–Trinajstić information content (AvgIpc) is 2.92. The Morgan fingerprint density at radius 2 is 1.62 bits per heavy atom. The van der Waals surface area contributed by atoms with Gasteiger partial charge in [-0.25, -0.2) is 21.1 Å². The van der Waals surface area contributed by atoms with Crippen molar-refractivity contribution in [2.45, 2.75) is 18.7 Å². The molecule has 0 aromatic heterocycles. The number of rotatable bonds is 7. The molecule has 1 N–H and O–H groups in total. The molecule has 2 aromatic rings. The maximum absolute atomic E-state index is 13.0. The highest BCUT2D eigenvalue weighted by molar-refractivity contribution is 7.94. The number of amides is 1. The zero-order valence-electron chi connectivity index (χ0n) is 18.2. The van der Waals surface area contributed by atoms with Gasteiger partial charge < -0.3 is 14.2 Å². The van der Waals surface area contributed by atoms with Crippen molar-refractivity contribution in [2.75, 3.05) is 36.1 Å². The molecular weight excluding hydrogens is 460 g/mol. The number of hydrogen-bond acceptors (Lipinski definition) is 8. The molecule has 10 nitrogen and oxygen atoms in total. The summed E-state index contributed by atoms with van der Waals surface area (Å²) >= 11 is 0. The number of carbonyl (C=O) groups is 1. The summed E-state index contributed by atoms with van der Waals surface area (Å²) in [6, 6.07) is 6.80. The van der Waals surface area contributed by atoms with Crippen LogP contribution in [0.15, 0.2) is 35.2 Å². The summed E-state index contributed by atoms with van der Waals surface area (Å²) in [4.78, 5) is 12.2. The lowest BCUT2D eigenvalue weighted by atomic mass is 10.2. The van der Waals surface area contributed by atoms with E-state index in [1.54, 1.807) is 0 Å². The van der Waals surface area contributed by atoms with Crippen molar-refractivity contribution in [2.24, 2.45) is 5.92 Å². The van der Waals surface area contributed by atoms with E-state index in [1.807, 2.05) is 0 Å². The highest BCUT2D eigenvalue weighted by atomic mass is 32.2. The topological polar surface area (TPSA) is 128 Å². The second-order valence-electron chi connectivity index (χ2n) is 7.25. The third-order valence-corrected chi connectivity index (χ3v) is 8.37. The molecule has 1 amide bonds. The van der Waals surface area contributed by atoms with Gasteiger partial charge in [-0.05, 0) is 30.7 Å². The SMILES string of the molecule is COc1cc(NS(=O)(=O)c2ccc(N3C(=O)[C@H](C)CS3(=O)=O)cc2C)cc(OC)c1OC. The maximum Gasteiger partial charge on any atom is 0.262 e. The van der Waals surface area contributed by atoms with Crippen LogP contribution in [0, 0.1) is 12.8 Å². The van der Waals surface area contributed by atoms with Crippen molar-refractivity contribution in [1.29, 1.82) is 0 Å². The Labute approximate surface area is 187 Å². The fraction of sp³-hybridized carbons (Fsp3) is 0.350. The molecule has 174 valence electrons. The van der Waals surface area contributed by atoms with E-state index in [9.17, 15) is 21.6 Å². The van der Waals surface area contributed by atoms with Crippen molar-refractivity contribution in [1.82, 2.24) is 0 Å². The van der Waals surface area contributed by atoms with Crippen molar-refractivity contribution in [3.63, 3.8) is 0 Å². The fourth-order valence-electron chi connectivity index (χ4n) is 3.50. The Balaban J connectivity index is 1.98. The van der Waals surface area contributed by atoms with Gasteiger partial charge in [-0.1, -0.05) is 6.92 Å². The van der Waals surface area contributed by atoms with Crippen LogP contribution >= 0.6 is 0 Å². The van der Waals surface area contributed by atoms with Crippen LogP contribution in [0.5, 0.6) is 17.2 Å². The van der Waals surface area contributed by atoms with Gasteiger partial charge in [0.2, 0.25) is 21.7 Å². The third-order valence-electron chi connectivity index (χ3n) is 4.96. The van der Waals surface area contributed by atoms with Gasteiger partial charge in [0.15, 0.2) is 11.5 Å². The van der Waals surface area contributed by atoms with Crippen LogP contribution in [-0.2, 0) is 24.8 Å². The van der Waals surface area contributed by atoms with E-state index in [0.29, 0.717) is 5.75 Å². The second-order valence-corrected chi connectivity index (χ2v) is 10.8. The molecule has 0 radical (unpaired) electrons. The zero-order valence-corrected chi connectivity index (χ0v) is 19.8. The number of nitrogens with zero attached hydrogens (tertiary/aromatic N) is 1. The number of hydrogen-bond donors (Lipinski definition) is 1. The highest BCUT2D eigenvalue weighted by Crippen LogP contribution is 2.40. The minimum atomic E-state index is -4.06. The Kier molecular flexibility index (Phi) is 6.29. The largest absolute Gasteiger partial charge is 0.493 e. The summed E-state index contributed by atoms with van der Waals surface area (Å²) in [7, 11) is -3.61. The molecule has 1 fully saturated rings. The lowest BCUT2D eigenvalue weighted by Gasteiger charge is -2.18. The van der Waals surface area contributed by atoms with Crippen molar-refractivity contribution < 1.29 is 35.8 Å². The number of carbonyl (C=O) groups excluding carboxylic acids is 1. The van der Waals surface area contributed by atoms with Gasteiger partial charge in [-0.3, -0.25) is 9.52 Å². The first-order chi connectivity index (χ1) is 14.9. The van der Waals surface area contributed by atoms with Crippen molar-refractivity contribution in [3.8, 4) is 17.2 Å². The van der Waals surface area contributed by atoms with Crippen LogP contribution < -0.4 is 23.2 Å². The van der Waals surface area contributed by atoms with E-state index in [-0.39, 0.29) is 39.1 Å². The van der Waals surface area contributed by atoms with E-state index in [2.05, 4.69) is 4.72 Å². The van der Waals surface area contributed by atoms with Crippen LogP contribution in [0.3, 0.4) is 0 Å². The lowest BCUT2D eigenvalue weighted by molar-refractivity contribution is -0.119. The lowest BCUT2D eigenvalue weighted by Crippen LogP contribution is -2.30. The zero-order chi connectivity index (χ0) is 23.8. The van der Waals surface area contributed by atoms with E-state index in [0.717, 1.165) is 4.31 Å². The normalized spacial score (nSPS) is 17.8. The number of anilines is 2. The van der Waals surface area contributed by atoms with E-state index >= 15 is 0 Å². The Morgan fingerprint density at radius 3 is 2.06 bits per heavy atom. The van der Waals surface area contributed by atoms with E-state index in [4.69, 9.17) is 14.2 Å². The predicted molar refractivity (Wildman–Crippen MR) is 119 cm³/mol. The summed E-state index contributed by atoms with van der Waals surface area (Å²) in [6.07, 6.45) is 0. The number of benzene rings is 2. The third kappa shape index (κ3) is 4.19. The highest BCUT2D eigenvalue weighted by Gasteiger charge is 2.42. The first-order valence-electron chi connectivity index (χ1n) is 9.45. The first kappa shape index (κ1) is 23.7. The monoisotopic (exact) mass is 484 g/mol. The molecule has 0 saturated carbocycles. The van der Waals surface area contributed by atoms with Crippen LogP contribution in [-0.4, -0.2) is 49.8 Å².